The Labute approximate surface area is 101 Å². The van der Waals surface area contributed by atoms with Crippen molar-refractivity contribution < 1.29 is 0 Å². The zero-order valence-corrected chi connectivity index (χ0v) is 10.7. The Hall–Kier alpha value is -1.69. The van der Waals surface area contributed by atoms with Crippen LogP contribution < -0.4 is 5.32 Å². The first-order chi connectivity index (χ1) is 8.17. The summed E-state index contributed by atoms with van der Waals surface area (Å²) in [5, 5.41) is 15.8. The molecule has 1 unspecified atom stereocenters. The summed E-state index contributed by atoms with van der Waals surface area (Å²) in [6.07, 6.45) is 1.79. The number of aromatic nitrogens is 5. The van der Waals surface area contributed by atoms with Crippen LogP contribution in [-0.4, -0.2) is 31.8 Å². The molecule has 0 spiro atoms. The van der Waals surface area contributed by atoms with E-state index in [1.165, 1.54) is 0 Å². The SMILES string of the molecule is CCn1nncc1C(NC)c1cc(C)n(C)n1. The summed E-state index contributed by atoms with van der Waals surface area (Å²) < 4.78 is 3.75. The van der Waals surface area contributed by atoms with Crippen molar-refractivity contribution in [1.82, 2.24) is 30.1 Å². The molecule has 0 fully saturated rings. The maximum absolute atomic E-state index is 4.50. The minimum absolute atomic E-state index is 0.0323. The Morgan fingerprint density at radius 1 is 1.47 bits per heavy atom. The molecule has 0 aromatic carbocycles. The van der Waals surface area contributed by atoms with Crippen molar-refractivity contribution in [3.63, 3.8) is 0 Å². The molecule has 0 radical (unpaired) electrons. The van der Waals surface area contributed by atoms with Crippen LogP contribution in [0, 0.1) is 6.92 Å². The lowest BCUT2D eigenvalue weighted by atomic mass is 10.1. The molecule has 0 saturated heterocycles. The highest BCUT2D eigenvalue weighted by Crippen LogP contribution is 2.20. The van der Waals surface area contributed by atoms with Gasteiger partial charge in [-0.1, -0.05) is 5.21 Å². The summed E-state index contributed by atoms with van der Waals surface area (Å²) >= 11 is 0. The van der Waals surface area contributed by atoms with E-state index in [9.17, 15) is 0 Å². The molecule has 2 rings (SSSR count). The number of hydrogen-bond donors (Lipinski definition) is 1. The summed E-state index contributed by atoms with van der Waals surface area (Å²) in [6, 6.07) is 2.11. The van der Waals surface area contributed by atoms with Crippen molar-refractivity contribution in [3.05, 3.63) is 29.3 Å². The topological polar surface area (TPSA) is 60.6 Å². The van der Waals surface area contributed by atoms with Crippen LogP contribution in [0.3, 0.4) is 0 Å². The monoisotopic (exact) mass is 234 g/mol. The zero-order valence-electron chi connectivity index (χ0n) is 10.7. The molecule has 17 heavy (non-hydrogen) atoms. The molecule has 2 heterocycles. The van der Waals surface area contributed by atoms with E-state index in [0.717, 1.165) is 23.6 Å². The van der Waals surface area contributed by atoms with Gasteiger partial charge in [0.15, 0.2) is 0 Å². The molecule has 6 nitrogen and oxygen atoms in total. The Bertz CT molecular complexity index is 478. The number of nitrogens with one attached hydrogen (secondary N) is 1. The minimum atomic E-state index is 0.0323. The van der Waals surface area contributed by atoms with Gasteiger partial charge in [0.1, 0.15) is 0 Å². The van der Waals surface area contributed by atoms with E-state index < -0.39 is 0 Å². The van der Waals surface area contributed by atoms with Crippen molar-refractivity contribution in [2.24, 2.45) is 7.05 Å². The maximum Gasteiger partial charge on any atom is 0.0954 e. The third kappa shape index (κ3) is 2.08. The Balaban J connectivity index is 2.40. The normalized spacial score (nSPS) is 12.9. The Morgan fingerprint density at radius 3 is 2.76 bits per heavy atom. The van der Waals surface area contributed by atoms with Crippen molar-refractivity contribution >= 4 is 0 Å². The van der Waals surface area contributed by atoms with Crippen molar-refractivity contribution in [1.29, 1.82) is 0 Å². The molecule has 0 aliphatic heterocycles. The third-order valence-electron chi connectivity index (χ3n) is 2.96. The van der Waals surface area contributed by atoms with Gasteiger partial charge in [0.2, 0.25) is 0 Å². The maximum atomic E-state index is 4.50. The highest BCUT2D eigenvalue weighted by molar-refractivity contribution is 5.21. The van der Waals surface area contributed by atoms with Gasteiger partial charge in [-0.25, -0.2) is 4.68 Å². The van der Waals surface area contributed by atoms with Gasteiger partial charge in [-0.05, 0) is 27.0 Å². The number of aryl methyl sites for hydroxylation is 3. The van der Waals surface area contributed by atoms with Crippen LogP contribution in [0.5, 0.6) is 0 Å². The lowest BCUT2D eigenvalue weighted by molar-refractivity contribution is 0.541. The van der Waals surface area contributed by atoms with E-state index in [-0.39, 0.29) is 6.04 Å². The molecule has 1 N–H and O–H groups in total. The molecule has 6 heteroatoms. The van der Waals surface area contributed by atoms with E-state index >= 15 is 0 Å². The molecule has 1 atom stereocenters. The second kappa shape index (κ2) is 4.67. The van der Waals surface area contributed by atoms with Gasteiger partial charge in [-0.2, -0.15) is 5.10 Å². The molecule has 0 saturated carbocycles. The number of nitrogens with zero attached hydrogens (tertiary/aromatic N) is 5. The van der Waals surface area contributed by atoms with E-state index in [4.69, 9.17) is 0 Å². The Morgan fingerprint density at radius 2 is 2.24 bits per heavy atom. The Kier molecular flexibility index (Phi) is 3.23. The summed E-state index contributed by atoms with van der Waals surface area (Å²) in [7, 11) is 3.86. The van der Waals surface area contributed by atoms with Gasteiger partial charge in [0, 0.05) is 19.3 Å². The largest absolute Gasteiger partial charge is 0.307 e. The van der Waals surface area contributed by atoms with Crippen LogP contribution in [0.4, 0.5) is 0 Å². The van der Waals surface area contributed by atoms with Crippen molar-refractivity contribution in [3.8, 4) is 0 Å². The van der Waals surface area contributed by atoms with E-state index in [0.29, 0.717) is 0 Å². The summed E-state index contributed by atoms with van der Waals surface area (Å²) in [5.74, 6) is 0. The van der Waals surface area contributed by atoms with E-state index in [2.05, 4.69) is 33.7 Å². The molecule has 2 aromatic rings. The fraction of sp³-hybridized carbons (Fsp3) is 0.545. The molecule has 2 aromatic heterocycles. The van der Waals surface area contributed by atoms with Crippen LogP contribution in [0.2, 0.25) is 0 Å². The van der Waals surface area contributed by atoms with Crippen LogP contribution in [0.15, 0.2) is 12.3 Å². The van der Waals surface area contributed by atoms with Crippen molar-refractivity contribution in [2.75, 3.05) is 7.05 Å². The zero-order chi connectivity index (χ0) is 12.4. The van der Waals surface area contributed by atoms with Gasteiger partial charge in [0.05, 0.1) is 23.6 Å². The molecule has 92 valence electrons. The van der Waals surface area contributed by atoms with Crippen LogP contribution in [-0.2, 0) is 13.6 Å². The average molecular weight is 234 g/mol. The highest BCUT2D eigenvalue weighted by atomic mass is 15.4. The predicted octanol–water partition coefficient (Wildman–Crippen LogP) is 0.649. The fourth-order valence-corrected chi connectivity index (χ4v) is 1.91. The number of rotatable bonds is 4. The van der Waals surface area contributed by atoms with E-state index in [1.54, 1.807) is 6.20 Å². The summed E-state index contributed by atoms with van der Waals surface area (Å²) in [5.41, 5.74) is 3.16. The van der Waals surface area contributed by atoms with Gasteiger partial charge in [0.25, 0.3) is 0 Å². The van der Waals surface area contributed by atoms with Crippen LogP contribution in [0.1, 0.15) is 30.0 Å². The van der Waals surface area contributed by atoms with Gasteiger partial charge < -0.3 is 5.32 Å². The molecular formula is C11H18N6. The van der Waals surface area contributed by atoms with Crippen molar-refractivity contribution in [2.45, 2.75) is 26.4 Å². The lowest BCUT2D eigenvalue weighted by Crippen LogP contribution is -2.22. The fourth-order valence-electron chi connectivity index (χ4n) is 1.91. The molecule has 0 aliphatic carbocycles. The standard InChI is InChI=1S/C11H18N6/c1-5-17-10(7-13-15-17)11(12-3)9-6-8(2)16(4)14-9/h6-7,11-12H,5H2,1-4H3. The molecule has 0 bridgehead atoms. The summed E-state index contributed by atoms with van der Waals surface area (Å²) in [4.78, 5) is 0. The summed E-state index contributed by atoms with van der Waals surface area (Å²) in [6.45, 7) is 4.90. The quantitative estimate of drug-likeness (QED) is 0.843. The number of hydrogen-bond acceptors (Lipinski definition) is 4. The first-order valence-corrected chi connectivity index (χ1v) is 5.73. The smallest absolute Gasteiger partial charge is 0.0954 e. The first kappa shape index (κ1) is 11.8. The predicted molar refractivity (Wildman–Crippen MR) is 64.5 cm³/mol. The van der Waals surface area contributed by atoms with E-state index in [1.807, 2.05) is 30.4 Å². The average Bonchev–Trinajstić information content (AvgIpc) is 2.89. The first-order valence-electron chi connectivity index (χ1n) is 5.73. The highest BCUT2D eigenvalue weighted by Gasteiger charge is 2.19. The van der Waals surface area contributed by atoms with Gasteiger partial charge in [-0.3, -0.25) is 4.68 Å². The lowest BCUT2D eigenvalue weighted by Gasteiger charge is -2.14. The molecule has 0 aliphatic rings. The second-order valence-corrected chi connectivity index (χ2v) is 4.03. The molecular weight excluding hydrogens is 216 g/mol. The van der Waals surface area contributed by atoms with Crippen LogP contribution >= 0.6 is 0 Å². The van der Waals surface area contributed by atoms with Gasteiger partial charge in [-0.15, -0.1) is 5.10 Å². The third-order valence-corrected chi connectivity index (χ3v) is 2.96. The second-order valence-electron chi connectivity index (χ2n) is 4.03. The van der Waals surface area contributed by atoms with Gasteiger partial charge >= 0.3 is 0 Å². The molecule has 0 amide bonds. The minimum Gasteiger partial charge on any atom is -0.307 e. The van der Waals surface area contributed by atoms with Crippen LogP contribution in [0.25, 0.3) is 0 Å².